The number of rotatable bonds is 18. The van der Waals surface area contributed by atoms with Gasteiger partial charge in [0.05, 0.1) is 120 Å². The van der Waals surface area contributed by atoms with Crippen molar-refractivity contribution in [2.24, 2.45) is 14.1 Å². The number of carbonyl (C=O) groups is 5. The van der Waals surface area contributed by atoms with Gasteiger partial charge in [0.2, 0.25) is 0 Å². The maximum absolute atomic E-state index is 13.3. The van der Waals surface area contributed by atoms with Crippen LogP contribution in [-0.2, 0) is 38.5 Å². The van der Waals surface area contributed by atoms with Crippen LogP contribution < -0.4 is 55.3 Å². The normalized spacial score (nSPS) is 13.0. The fourth-order valence-electron chi connectivity index (χ4n) is 14.3. The van der Waals surface area contributed by atoms with E-state index in [2.05, 4.69) is 131 Å². The Morgan fingerprint density at radius 1 is 0.382 bits per heavy atom. The molecule has 43 nitrogen and oxygen atoms in total. The second-order valence-corrected chi connectivity index (χ2v) is 33.9. The quantitative estimate of drug-likeness (QED) is 0.0358. The molecular weight excluding hydrogens is 1810 g/mol. The number of piperazine rings is 1. The van der Waals surface area contributed by atoms with Gasteiger partial charge < -0.3 is 64.9 Å². The van der Waals surface area contributed by atoms with E-state index < -0.39 is 58.6 Å². The first-order chi connectivity index (χ1) is 62.6. The molecule has 0 radical (unpaired) electrons. The zero-order chi connectivity index (χ0) is 93.2. The number of halogens is 5. The Bertz CT molecular complexity index is 7040. The van der Waals surface area contributed by atoms with E-state index in [1.807, 2.05) is 74.8 Å². The molecule has 0 saturated carbocycles. The number of methoxy groups -OCH3 is 1. The average molecular weight is 1890 g/mol. The lowest BCUT2D eigenvalue weighted by molar-refractivity contribution is 0.102. The van der Waals surface area contributed by atoms with Crippen molar-refractivity contribution in [2.75, 3.05) is 109 Å². The van der Waals surface area contributed by atoms with Crippen LogP contribution in [0, 0.1) is 77.6 Å². The molecule has 0 aromatic carbocycles. The fraction of sp³-hybridized carbons (Fsp3) is 0.282. The molecule has 15 N–H and O–H groups in total. The lowest BCUT2D eigenvalue weighted by Gasteiger charge is -2.32. The first kappa shape index (κ1) is 91.3. The summed E-state index contributed by atoms with van der Waals surface area (Å²) in [6.45, 7) is 21.1. The molecule has 2 fully saturated rings. The van der Waals surface area contributed by atoms with Crippen molar-refractivity contribution in [3.8, 4) is 22.4 Å². The number of nitrogens with zero attached hydrogens (tertiary/aromatic N) is 27. The molecule has 17 aromatic heterocycles. The van der Waals surface area contributed by atoms with Gasteiger partial charge in [0.1, 0.15) is 52.8 Å². The van der Waals surface area contributed by atoms with Crippen LogP contribution in [0.3, 0.4) is 0 Å². The smallest absolute Gasteiger partial charge is 0.264 e. The molecule has 680 valence electrons. The zero-order valence-electron chi connectivity index (χ0n) is 71.5. The molecule has 2 saturated heterocycles. The number of likely N-dealkylation sites (tertiary alicyclic amines) is 1. The number of hydrogen-bond donors (Lipinski definition) is 10. The minimum absolute atomic E-state index is 0.00236. The molecule has 5 amide bonds. The first-order valence-electron chi connectivity index (χ1n) is 39.6. The zero-order valence-corrected chi connectivity index (χ0v) is 75.6. The van der Waals surface area contributed by atoms with E-state index >= 15 is 0 Å². The second-order valence-electron chi connectivity index (χ2n) is 30.0. The number of anilines is 10. The predicted molar refractivity (Wildman–Crippen MR) is 483 cm³/mol. The van der Waals surface area contributed by atoms with E-state index in [1.165, 1.54) is 44.9 Å². The minimum atomic E-state index is -0.580. The number of amides is 5. The third kappa shape index (κ3) is 19.6. The van der Waals surface area contributed by atoms with E-state index in [0.29, 0.717) is 31.6 Å². The van der Waals surface area contributed by atoms with Crippen LogP contribution in [0.15, 0.2) is 74.2 Å². The third-order valence-electron chi connectivity index (χ3n) is 20.7. The van der Waals surface area contributed by atoms with Gasteiger partial charge in [0.25, 0.3) is 29.5 Å². The minimum Gasteiger partial charge on any atom is -0.381 e. The van der Waals surface area contributed by atoms with Gasteiger partial charge in [-0.25, -0.2) is 69.4 Å². The summed E-state index contributed by atoms with van der Waals surface area (Å²) < 4.78 is 102. The number of ether oxygens (including phenoxy) is 1. The molecule has 19 heterocycles. The molecule has 0 spiro atoms. The van der Waals surface area contributed by atoms with Crippen molar-refractivity contribution in [1.82, 2.24) is 129 Å². The van der Waals surface area contributed by atoms with E-state index in [4.69, 9.17) is 33.4 Å². The molecule has 2 aliphatic rings. The van der Waals surface area contributed by atoms with E-state index in [9.17, 15) is 45.9 Å². The standard InChI is InChI=1S/C17H21FN8OS.2C16H15FN8OS.C16H18FN7OS.C13H13FN6O2S/c1-10-12(9-25-5-3-24(2)4-6-25)17(28-23-10)21-16(27)13-14(19)22-26-8-11(18)7-20-15(13)26;1-7-10(6-24(3)21-7)11-8(2)23-27-16(11)20-15(26)12-13(18)22-25-5-9(17)4-19-14(12)25;1-7-4-10(24(3)21-7)11-8(2)23-27-16(11)20-15(26)12-13(18)22-25-6-9(17)5-19-14(12)25;1-9-11(8-23-4-2-3-5-23)16(26-22-9)20-15(25)12-13(18)21-24-7-10(17)6-19-14(12)24;1-6-8(5-22-2)13(23-19-6)17-12(21)9-10(15)18-20-4-7(14)3-16-11(9)20/h7-8H,3-6,9H2,1-2H3,(H2,19,22)(H,21,27);2*4-6H,1-3H3,(H2,18,22)(H,20,26);6-7H,2-5,8H2,1H3,(H2,18,21)(H,20,25);3-4H,5H2,1-2H3,(H2,15,18)(H,17,21). The Morgan fingerprint density at radius 2 is 0.687 bits per heavy atom. The van der Waals surface area contributed by atoms with Gasteiger partial charge in [-0.05, 0) is 145 Å². The van der Waals surface area contributed by atoms with Gasteiger partial charge in [0.15, 0.2) is 86.4 Å². The molecular formula is C78H82F5N37O6S5. The summed E-state index contributed by atoms with van der Waals surface area (Å²) >= 11 is 5.94. The molecule has 17 aromatic rings. The number of nitrogen functional groups attached to an aromatic ring is 5. The van der Waals surface area contributed by atoms with Crippen LogP contribution in [0.4, 0.5) is 76.0 Å². The van der Waals surface area contributed by atoms with Gasteiger partial charge in [0, 0.05) is 94.5 Å². The fourth-order valence-corrected chi connectivity index (χ4v) is 18.3. The van der Waals surface area contributed by atoms with Gasteiger partial charge in [-0.2, -0.15) is 32.1 Å². The van der Waals surface area contributed by atoms with Crippen LogP contribution in [0.25, 0.3) is 50.6 Å². The van der Waals surface area contributed by atoms with E-state index in [-0.39, 0.29) is 85.1 Å². The molecule has 0 atom stereocenters. The maximum Gasteiger partial charge on any atom is 0.264 e. The number of nitrogens with one attached hydrogen (secondary N) is 5. The molecule has 19 rings (SSSR count). The van der Waals surface area contributed by atoms with Gasteiger partial charge in [-0.1, -0.05) is 0 Å². The van der Waals surface area contributed by atoms with Crippen molar-refractivity contribution in [3.63, 3.8) is 0 Å². The van der Waals surface area contributed by atoms with Gasteiger partial charge >= 0.3 is 0 Å². The highest BCUT2D eigenvalue weighted by Crippen LogP contribution is 2.40. The van der Waals surface area contributed by atoms with Crippen LogP contribution >= 0.6 is 57.7 Å². The summed E-state index contributed by atoms with van der Waals surface area (Å²) in [5, 5.41) is 45.6. The van der Waals surface area contributed by atoms with Crippen molar-refractivity contribution < 1.29 is 50.7 Å². The Kier molecular flexibility index (Phi) is 26.8. The van der Waals surface area contributed by atoms with Crippen molar-refractivity contribution in [1.29, 1.82) is 0 Å². The number of hydrogen-bond acceptors (Lipinski definition) is 36. The second kappa shape index (κ2) is 38.4. The highest BCUT2D eigenvalue weighted by atomic mass is 32.1. The summed E-state index contributed by atoms with van der Waals surface area (Å²) in [5.41, 5.74) is 42.6. The number of likely N-dealkylation sites (N-methyl/N-ethyl adjacent to an activating group) is 1. The molecule has 0 bridgehead atoms. The topological polar surface area (TPSA) is 546 Å². The van der Waals surface area contributed by atoms with Crippen molar-refractivity contribution >= 4 is 170 Å². The van der Waals surface area contributed by atoms with E-state index in [1.54, 1.807) is 16.5 Å². The number of aryl methyl sites for hydroxylation is 9. The third-order valence-corrected chi connectivity index (χ3v) is 25.1. The molecule has 0 unspecified atom stereocenters. The Hall–Kier alpha value is -14.5. The lowest BCUT2D eigenvalue weighted by atomic mass is 10.1. The molecule has 2 aliphatic heterocycles. The molecule has 131 heavy (non-hydrogen) atoms. The van der Waals surface area contributed by atoms with Crippen LogP contribution in [0.1, 0.15) is 121 Å². The van der Waals surface area contributed by atoms with Gasteiger partial charge in [-0.3, -0.25) is 43.1 Å². The summed E-state index contributed by atoms with van der Waals surface area (Å²) in [6.07, 6.45) is 14.9. The van der Waals surface area contributed by atoms with Crippen molar-refractivity contribution in [2.45, 2.75) is 81.0 Å². The maximum atomic E-state index is 13.3. The first-order valence-corrected chi connectivity index (χ1v) is 43.5. The summed E-state index contributed by atoms with van der Waals surface area (Å²) in [4.78, 5) is 90.5. The lowest BCUT2D eigenvalue weighted by Crippen LogP contribution is -2.44. The highest BCUT2D eigenvalue weighted by molar-refractivity contribution is 7.12. The Morgan fingerprint density at radius 3 is 1.02 bits per heavy atom. The summed E-state index contributed by atoms with van der Waals surface area (Å²) in [7, 11) is 7.33. The monoisotopic (exact) mass is 1890 g/mol. The van der Waals surface area contributed by atoms with Crippen molar-refractivity contribution in [3.05, 3.63) is 188 Å². The predicted octanol–water partition coefficient (Wildman–Crippen LogP) is 9.25. The Labute approximate surface area is 758 Å². The number of aromatic nitrogens is 24. The largest absolute Gasteiger partial charge is 0.381 e. The van der Waals surface area contributed by atoms with E-state index in [0.717, 1.165) is 241 Å². The summed E-state index contributed by atoms with van der Waals surface area (Å²) in [5.74, 6) is -5.30. The number of nitrogens with two attached hydrogens (primary N) is 5. The average Bonchev–Trinajstić information content (AvgIpc) is 1.65. The molecule has 0 aliphatic carbocycles. The van der Waals surface area contributed by atoms with Gasteiger partial charge in [-0.15, -0.1) is 25.5 Å². The molecule has 53 heteroatoms. The summed E-state index contributed by atoms with van der Waals surface area (Å²) in [6, 6.07) is 1.92. The highest BCUT2D eigenvalue weighted by Gasteiger charge is 2.31. The Balaban J connectivity index is 0.000000126. The van der Waals surface area contributed by atoms with Crippen LogP contribution in [0.5, 0.6) is 0 Å². The van der Waals surface area contributed by atoms with Crippen LogP contribution in [0.2, 0.25) is 0 Å². The number of fused-ring (bicyclic) bond motifs is 5. The van der Waals surface area contributed by atoms with Crippen LogP contribution in [-0.4, -0.2) is 212 Å². The number of carbonyl (C=O) groups excluding carboxylic acids is 5. The SMILES string of the molecule is COCc1c(C)nsc1NC(=O)c1c(N)nn2cc(F)cnc12.Cc1cc(-c2c(C)nsc2NC(=O)c2c(N)nn3cc(F)cnc23)n(C)n1.Cc1nn(C)cc1-c1c(C)nsc1NC(=O)c1c(N)nn2cc(F)cnc12.Cc1nsc(NC(=O)c2c(N)nn3cc(F)cnc23)c1CN1CCCC1.Cc1nsc(NC(=O)c2c(N)nn3cc(F)cnc23)c1CN1CCN(C)CC1.